The molecule has 2 heteroatoms. The molecule has 0 fully saturated rings. The van der Waals surface area contributed by atoms with Crippen molar-refractivity contribution in [2.24, 2.45) is 7.05 Å². The maximum Gasteiger partial charge on any atom is 0.0641 e. The molecule has 27 heavy (non-hydrogen) atoms. The molecule has 0 unspecified atom stereocenters. The first-order chi connectivity index (χ1) is 13.3. The zero-order chi connectivity index (χ0) is 18.0. The van der Waals surface area contributed by atoms with Gasteiger partial charge < -0.3 is 9.13 Å². The Morgan fingerprint density at radius 1 is 0.519 bits per heavy atom. The lowest BCUT2D eigenvalue weighted by Gasteiger charge is -2.08. The van der Waals surface area contributed by atoms with Gasteiger partial charge in [0.25, 0.3) is 0 Å². The Balaban J connectivity index is 1.97. The fraction of sp³-hybridized carbons (Fsp3) is 0.0400. The van der Waals surface area contributed by atoms with E-state index in [0.717, 1.165) is 0 Å². The normalized spacial score (nSPS) is 11.9. The number of fused-ring (bicyclic) bond motifs is 7. The van der Waals surface area contributed by atoms with Gasteiger partial charge in [-0.2, -0.15) is 0 Å². The first-order valence-corrected chi connectivity index (χ1v) is 9.29. The molecule has 0 aliphatic carbocycles. The van der Waals surface area contributed by atoms with Crippen LogP contribution in [-0.4, -0.2) is 9.13 Å². The second kappa shape index (κ2) is 5.24. The van der Waals surface area contributed by atoms with E-state index in [9.17, 15) is 0 Å². The van der Waals surface area contributed by atoms with Gasteiger partial charge in [-0.05, 0) is 30.3 Å². The Kier molecular flexibility index (Phi) is 2.84. The van der Waals surface area contributed by atoms with Gasteiger partial charge >= 0.3 is 0 Å². The van der Waals surface area contributed by atoms with Gasteiger partial charge in [-0.15, -0.1) is 0 Å². The molecule has 2 heterocycles. The van der Waals surface area contributed by atoms with E-state index in [0.29, 0.717) is 0 Å². The third-order valence-corrected chi connectivity index (χ3v) is 5.73. The molecule has 6 aromatic rings. The van der Waals surface area contributed by atoms with Crippen LogP contribution in [0, 0.1) is 0 Å². The Labute approximate surface area is 156 Å². The lowest BCUT2D eigenvalue weighted by atomic mass is 10.1. The summed E-state index contributed by atoms with van der Waals surface area (Å²) in [6.45, 7) is 0. The zero-order valence-electron chi connectivity index (χ0n) is 15.1. The minimum absolute atomic E-state index is 1.20. The highest BCUT2D eigenvalue weighted by Gasteiger charge is 2.18. The highest BCUT2D eigenvalue weighted by atomic mass is 15.0. The minimum Gasteiger partial charge on any atom is -0.344 e. The smallest absolute Gasteiger partial charge is 0.0641 e. The average molecular weight is 346 g/mol. The maximum atomic E-state index is 2.42. The lowest BCUT2D eigenvalue weighted by Crippen LogP contribution is -1.93. The standard InChI is InChI=1S/C25H18N2/c1-26-21-13-7-6-12-20(21)24-23(26)16-15-19-18-11-5-8-14-22(18)27(25(19)24)17-9-3-2-4-10-17/h2-16H,1H3. The maximum absolute atomic E-state index is 2.42. The van der Waals surface area contributed by atoms with Crippen LogP contribution in [0.2, 0.25) is 0 Å². The van der Waals surface area contributed by atoms with Crippen molar-refractivity contribution in [2.45, 2.75) is 0 Å². The fourth-order valence-electron chi connectivity index (χ4n) is 4.54. The molecular formula is C25H18N2. The second-order valence-corrected chi connectivity index (χ2v) is 7.12. The van der Waals surface area contributed by atoms with Crippen molar-refractivity contribution in [2.75, 3.05) is 0 Å². The summed E-state index contributed by atoms with van der Waals surface area (Å²) < 4.78 is 4.72. The van der Waals surface area contributed by atoms with E-state index in [-0.39, 0.29) is 0 Å². The van der Waals surface area contributed by atoms with E-state index in [2.05, 4.69) is 107 Å². The highest BCUT2D eigenvalue weighted by Crippen LogP contribution is 2.40. The Morgan fingerprint density at radius 2 is 1.19 bits per heavy atom. The molecular weight excluding hydrogens is 328 g/mol. The van der Waals surface area contributed by atoms with Gasteiger partial charge in [-0.1, -0.05) is 60.7 Å². The van der Waals surface area contributed by atoms with E-state index in [1.165, 1.54) is 49.3 Å². The Bertz CT molecular complexity index is 1470. The predicted molar refractivity (Wildman–Crippen MR) is 115 cm³/mol. The Morgan fingerprint density at radius 3 is 2.00 bits per heavy atom. The van der Waals surface area contributed by atoms with Crippen LogP contribution >= 0.6 is 0 Å². The number of rotatable bonds is 1. The molecule has 0 N–H and O–H groups in total. The molecule has 0 bridgehead atoms. The quantitative estimate of drug-likeness (QED) is 0.325. The van der Waals surface area contributed by atoms with Gasteiger partial charge in [0.15, 0.2) is 0 Å². The molecule has 0 amide bonds. The predicted octanol–water partition coefficient (Wildman–Crippen LogP) is 6.43. The third kappa shape index (κ3) is 1.85. The first kappa shape index (κ1) is 14.6. The van der Waals surface area contributed by atoms with E-state index in [4.69, 9.17) is 0 Å². The molecule has 2 nitrogen and oxygen atoms in total. The zero-order valence-corrected chi connectivity index (χ0v) is 15.1. The topological polar surface area (TPSA) is 9.86 Å². The van der Waals surface area contributed by atoms with Crippen molar-refractivity contribution < 1.29 is 0 Å². The van der Waals surface area contributed by atoms with Gasteiger partial charge in [-0.25, -0.2) is 0 Å². The summed E-state index contributed by atoms with van der Waals surface area (Å²) in [5.74, 6) is 0. The third-order valence-electron chi connectivity index (χ3n) is 5.73. The molecule has 128 valence electrons. The first-order valence-electron chi connectivity index (χ1n) is 9.29. The van der Waals surface area contributed by atoms with E-state index >= 15 is 0 Å². The van der Waals surface area contributed by atoms with Crippen LogP contribution in [0.15, 0.2) is 91.0 Å². The van der Waals surface area contributed by atoms with Crippen LogP contribution in [-0.2, 0) is 7.05 Å². The summed E-state index contributed by atoms with van der Waals surface area (Å²) in [5.41, 5.74) is 6.27. The number of aryl methyl sites for hydroxylation is 1. The van der Waals surface area contributed by atoms with Gasteiger partial charge in [0.1, 0.15) is 0 Å². The van der Waals surface area contributed by atoms with Crippen molar-refractivity contribution in [3.05, 3.63) is 91.0 Å². The van der Waals surface area contributed by atoms with Crippen LogP contribution < -0.4 is 0 Å². The van der Waals surface area contributed by atoms with Crippen LogP contribution in [0.5, 0.6) is 0 Å². The summed E-state index contributed by atoms with van der Waals surface area (Å²) in [7, 11) is 2.16. The number of para-hydroxylation sites is 3. The molecule has 0 aliphatic heterocycles. The molecule has 0 atom stereocenters. The fourth-order valence-corrected chi connectivity index (χ4v) is 4.54. The molecule has 0 aliphatic rings. The monoisotopic (exact) mass is 346 g/mol. The average Bonchev–Trinajstić information content (AvgIpc) is 3.22. The number of hydrogen-bond acceptors (Lipinski definition) is 0. The highest BCUT2D eigenvalue weighted by molar-refractivity contribution is 6.25. The second-order valence-electron chi connectivity index (χ2n) is 7.12. The summed E-state index contributed by atoms with van der Waals surface area (Å²) in [5, 5.41) is 5.23. The molecule has 0 saturated carbocycles. The molecule has 4 aromatic carbocycles. The van der Waals surface area contributed by atoms with Crippen LogP contribution in [0.4, 0.5) is 0 Å². The van der Waals surface area contributed by atoms with Gasteiger partial charge in [0.05, 0.1) is 16.6 Å². The summed E-state index contributed by atoms with van der Waals surface area (Å²) in [6, 6.07) is 32.6. The van der Waals surface area contributed by atoms with Crippen molar-refractivity contribution in [1.82, 2.24) is 9.13 Å². The molecule has 6 rings (SSSR count). The molecule has 0 saturated heterocycles. The number of nitrogens with zero attached hydrogens (tertiary/aromatic N) is 2. The van der Waals surface area contributed by atoms with E-state index in [1.54, 1.807) is 0 Å². The summed E-state index contributed by atoms with van der Waals surface area (Å²) in [4.78, 5) is 0. The van der Waals surface area contributed by atoms with Gasteiger partial charge in [0.2, 0.25) is 0 Å². The summed E-state index contributed by atoms with van der Waals surface area (Å²) in [6.07, 6.45) is 0. The van der Waals surface area contributed by atoms with Crippen molar-refractivity contribution in [3.8, 4) is 5.69 Å². The van der Waals surface area contributed by atoms with E-state index in [1.807, 2.05) is 0 Å². The van der Waals surface area contributed by atoms with Crippen molar-refractivity contribution >= 4 is 43.6 Å². The summed E-state index contributed by atoms with van der Waals surface area (Å²) >= 11 is 0. The van der Waals surface area contributed by atoms with Gasteiger partial charge in [-0.3, -0.25) is 0 Å². The largest absolute Gasteiger partial charge is 0.344 e. The molecule has 0 spiro atoms. The van der Waals surface area contributed by atoms with Gasteiger partial charge in [0, 0.05) is 39.8 Å². The van der Waals surface area contributed by atoms with Crippen LogP contribution in [0.25, 0.3) is 49.3 Å². The lowest BCUT2D eigenvalue weighted by molar-refractivity contribution is 1.01. The minimum atomic E-state index is 1.20. The van der Waals surface area contributed by atoms with Crippen LogP contribution in [0.3, 0.4) is 0 Å². The van der Waals surface area contributed by atoms with Crippen molar-refractivity contribution in [1.29, 1.82) is 0 Å². The Hall–Kier alpha value is -3.52. The van der Waals surface area contributed by atoms with E-state index < -0.39 is 0 Å². The molecule has 0 radical (unpaired) electrons. The van der Waals surface area contributed by atoms with Crippen molar-refractivity contribution in [3.63, 3.8) is 0 Å². The van der Waals surface area contributed by atoms with Crippen LogP contribution in [0.1, 0.15) is 0 Å². The number of hydrogen-bond donors (Lipinski definition) is 0. The number of aromatic nitrogens is 2. The SMILES string of the molecule is Cn1c2ccccc2c2c1ccc1c3ccccc3n(-c3ccccc3)c12. The number of benzene rings is 4. The molecule has 2 aromatic heterocycles.